The summed E-state index contributed by atoms with van der Waals surface area (Å²) in [6.07, 6.45) is 9.68. The predicted molar refractivity (Wildman–Crippen MR) is 276 cm³/mol. The average molecular weight is 928 g/mol. The Labute approximate surface area is 407 Å². The zero-order valence-electron chi connectivity index (χ0n) is 39.7. The van der Waals surface area contributed by atoms with Gasteiger partial charge < -0.3 is 45.3 Å². The van der Waals surface area contributed by atoms with Gasteiger partial charge in [0.15, 0.2) is 0 Å². The summed E-state index contributed by atoms with van der Waals surface area (Å²) in [5, 5.41) is 62.4. The van der Waals surface area contributed by atoms with Crippen LogP contribution in [0.1, 0.15) is 91.2 Å². The Morgan fingerprint density at radius 3 is 0.652 bits per heavy atom. The Kier molecular flexibility index (Phi) is 14.5. The molecule has 6 aliphatic rings. The first kappa shape index (κ1) is 47.2. The van der Waals surface area contributed by atoms with Gasteiger partial charge in [0.2, 0.25) is 0 Å². The van der Waals surface area contributed by atoms with E-state index in [0.717, 1.165) is 77.0 Å². The topological polar surface area (TPSA) is 131 Å². The minimum atomic E-state index is -0.706. The number of benzene rings is 6. The zero-order chi connectivity index (χ0) is 47.4. The molecule has 6 aromatic rings. The lowest BCUT2D eigenvalue weighted by atomic mass is 9.88. The number of aliphatic hydroxyl groups is 6. The fraction of sp³-hybridized carbons (Fsp3) is 0.400. The molecule has 3 aliphatic carbocycles. The first-order valence-electron chi connectivity index (χ1n) is 25.7. The van der Waals surface area contributed by atoms with Crippen molar-refractivity contribution in [2.24, 2.45) is 0 Å². The highest BCUT2D eigenvalue weighted by Crippen LogP contribution is 2.44. The molecule has 0 aromatic heterocycles. The second-order valence-electron chi connectivity index (χ2n) is 20.1. The number of rotatable bonds is 3. The second kappa shape index (κ2) is 21.2. The first-order valence-corrected chi connectivity index (χ1v) is 25.7. The zero-order valence-corrected chi connectivity index (χ0v) is 39.7. The maximum Gasteiger partial charge on any atom is 0.101 e. The maximum atomic E-state index is 10.6. The van der Waals surface area contributed by atoms with Crippen LogP contribution in [0.2, 0.25) is 0 Å². The van der Waals surface area contributed by atoms with Crippen molar-refractivity contribution in [2.45, 2.75) is 151 Å². The molecule has 360 valence electrons. The Bertz CT molecular complexity index is 2240. The van der Waals surface area contributed by atoms with Crippen LogP contribution in [-0.2, 0) is 38.5 Å². The van der Waals surface area contributed by atoms with Crippen LogP contribution < -0.4 is 14.7 Å². The van der Waals surface area contributed by atoms with Crippen LogP contribution in [0.4, 0.5) is 34.1 Å². The minimum absolute atomic E-state index is 0.0702. The van der Waals surface area contributed by atoms with E-state index >= 15 is 0 Å². The standard InChI is InChI=1S/3C20H23NO2/c3*22-19-11-5-10-18(20(19)23)21-16-8-3-1-6-14(16)12-13-15-7-2-4-9-17(15)21/h3*1-4,6-9,18-20,22-23H,5,10-13H2/t3*18-,19-,20+/m110/s1. The molecule has 6 aromatic carbocycles. The van der Waals surface area contributed by atoms with E-state index in [4.69, 9.17) is 0 Å². The van der Waals surface area contributed by atoms with Crippen LogP contribution in [0, 0.1) is 0 Å². The van der Waals surface area contributed by atoms with Gasteiger partial charge in [-0.25, -0.2) is 0 Å². The number of anilines is 6. The number of hydrogen-bond acceptors (Lipinski definition) is 9. The summed E-state index contributed by atoms with van der Waals surface area (Å²) in [5.41, 5.74) is 15.0. The van der Waals surface area contributed by atoms with Crippen molar-refractivity contribution in [3.05, 3.63) is 179 Å². The normalized spacial score (nSPS) is 27.0. The lowest BCUT2D eigenvalue weighted by Gasteiger charge is -2.41. The van der Waals surface area contributed by atoms with Crippen LogP contribution >= 0.6 is 0 Å². The largest absolute Gasteiger partial charge is 0.390 e. The molecular weight excluding hydrogens is 859 g/mol. The van der Waals surface area contributed by atoms with Crippen molar-refractivity contribution >= 4 is 34.1 Å². The molecule has 3 fully saturated rings. The number of aryl methyl sites for hydroxylation is 6. The molecular formula is C60H69N3O6. The van der Waals surface area contributed by atoms with Crippen molar-refractivity contribution in [1.82, 2.24) is 0 Å². The Balaban J connectivity index is 0.000000120. The maximum absolute atomic E-state index is 10.6. The van der Waals surface area contributed by atoms with Crippen molar-refractivity contribution in [2.75, 3.05) is 14.7 Å². The van der Waals surface area contributed by atoms with E-state index in [1.807, 2.05) is 0 Å². The van der Waals surface area contributed by atoms with Gasteiger partial charge in [-0.3, -0.25) is 0 Å². The summed E-state index contributed by atoms with van der Waals surface area (Å²) in [6.45, 7) is 0. The highest BCUT2D eigenvalue weighted by molar-refractivity contribution is 5.74. The molecule has 3 saturated carbocycles. The molecule has 9 nitrogen and oxygen atoms in total. The van der Waals surface area contributed by atoms with Gasteiger partial charge in [0.05, 0.1) is 36.4 Å². The minimum Gasteiger partial charge on any atom is -0.390 e. The lowest BCUT2D eigenvalue weighted by molar-refractivity contribution is -0.0204. The Morgan fingerprint density at radius 1 is 0.261 bits per heavy atom. The van der Waals surface area contributed by atoms with Gasteiger partial charge in [-0.05, 0) is 166 Å². The van der Waals surface area contributed by atoms with Gasteiger partial charge in [-0.2, -0.15) is 0 Å². The van der Waals surface area contributed by atoms with Gasteiger partial charge in [0, 0.05) is 34.1 Å². The van der Waals surface area contributed by atoms with Gasteiger partial charge in [-0.15, -0.1) is 0 Å². The van der Waals surface area contributed by atoms with Crippen LogP contribution in [0.3, 0.4) is 0 Å². The Morgan fingerprint density at radius 2 is 0.449 bits per heavy atom. The molecule has 6 N–H and O–H groups in total. The van der Waals surface area contributed by atoms with Crippen molar-refractivity contribution in [3.63, 3.8) is 0 Å². The number of nitrogens with zero attached hydrogens (tertiary/aromatic N) is 3. The predicted octanol–water partition coefficient (Wildman–Crippen LogP) is 9.59. The molecule has 0 bridgehead atoms. The van der Waals surface area contributed by atoms with E-state index in [0.29, 0.717) is 19.3 Å². The third-order valence-electron chi connectivity index (χ3n) is 15.9. The summed E-state index contributed by atoms with van der Waals surface area (Å²) < 4.78 is 0. The number of para-hydroxylation sites is 6. The third kappa shape index (κ3) is 9.70. The number of fused-ring (bicyclic) bond motifs is 6. The number of hydrogen-bond donors (Lipinski definition) is 6. The molecule has 0 unspecified atom stereocenters. The molecule has 0 amide bonds. The van der Waals surface area contributed by atoms with Gasteiger partial charge in [0.25, 0.3) is 0 Å². The second-order valence-corrected chi connectivity index (χ2v) is 20.1. The first-order chi connectivity index (χ1) is 33.8. The lowest BCUT2D eigenvalue weighted by Crippen LogP contribution is -2.50. The van der Waals surface area contributed by atoms with Crippen LogP contribution in [0.25, 0.3) is 0 Å². The fourth-order valence-electron chi connectivity index (χ4n) is 12.3. The molecule has 0 radical (unpaired) electrons. The van der Waals surface area contributed by atoms with Crippen molar-refractivity contribution in [3.8, 4) is 0 Å². The smallest absolute Gasteiger partial charge is 0.101 e. The monoisotopic (exact) mass is 928 g/mol. The average Bonchev–Trinajstić information content (AvgIpc) is 3.74. The molecule has 9 atom stereocenters. The summed E-state index contributed by atoms with van der Waals surface area (Å²) in [6, 6.07) is 50.6. The van der Waals surface area contributed by atoms with Gasteiger partial charge >= 0.3 is 0 Å². The molecule has 69 heavy (non-hydrogen) atoms. The Hall–Kier alpha value is -5.52. The van der Waals surface area contributed by atoms with Crippen LogP contribution in [-0.4, -0.2) is 85.4 Å². The molecule has 3 aliphatic heterocycles. The third-order valence-corrected chi connectivity index (χ3v) is 15.9. The van der Waals surface area contributed by atoms with E-state index in [9.17, 15) is 30.6 Å². The highest BCUT2D eigenvalue weighted by Gasteiger charge is 2.40. The van der Waals surface area contributed by atoms with Crippen molar-refractivity contribution < 1.29 is 30.6 Å². The van der Waals surface area contributed by atoms with Crippen LogP contribution in [0.5, 0.6) is 0 Å². The van der Waals surface area contributed by atoms with Crippen molar-refractivity contribution in [1.29, 1.82) is 0 Å². The molecule has 9 heteroatoms. The van der Waals surface area contributed by atoms with Crippen LogP contribution in [0.15, 0.2) is 146 Å². The van der Waals surface area contributed by atoms with Gasteiger partial charge in [0.1, 0.15) is 18.3 Å². The molecule has 0 spiro atoms. The number of aliphatic hydroxyl groups excluding tert-OH is 6. The summed E-state index contributed by atoms with van der Waals surface area (Å²) in [7, 11) is 0. The van der Waals surface area contributed by atoms with Gasteiger partial charge in [-0.1, -0.05) is 109 Å². The fourth-order valence-corrected chi connectivity index (χ4v) is 12.3. The summed E-state index contributed by atoms with van der Waals surface area (Å²) in [4.78, 5) is 6.85. The SMILES string of the molecule is O[C@@H]1[C@H](O)CCC[C@H]1N1c2ccccc2CCc2ccccc21.O[C@@H]1[C@H](O)CCC[C@H]1N1c2ccccc2CCc2ccccc21.O[C@H]1[C@@H](O)CCC[C@@H]1N1c2ccccc2CCc2ccccc21. The van der Waals surface area contributed by atoms with E-state index in [1.54, 1.807) is 0 Å². The van der Waals surface area contributed by atoms with E-state index in [2.05, 4.69) is 160 Å². The highest BCUT2D eigenvalue weighted by atomic mass is 16.3. The molecule has 0 saturated heterocycles. The summed E-state index contributed by atoms with van der Waals surface area (Å²) in [5.74, 6) is 0. The molecule has 3 heterocycles. The summed E-state index contributed by atoms with van der Waals surface area (Å²) >= 11 is 0. The molecule has 12 rings (SSSR count). The van der Waals surface area contributed by atoms with E-state index in [1.165, 1.54) is 67.5 Å². The quantitative estimate of drug-likeness (QED) is 0.103. The van der Waals surface area contributed by atoms with E-state index < -0.39 is 36.6 Å². The van der Waals surface area contributed by atoms with E-state index in [-0.39, 0.29) is 18.1 Å².